The number of amides is 1. The minimum absolute atomic E-state index is 0.124. The van der Waals surface area contributed by atoms with Gasteiger partial charge in [0, 0.05) is 22.8 Å². The first-order valence-electron chi connectivity index (χ1n) is 6.42. The molecule has 4 nitrogen and oxygen atoms in total. The molecule has 0 aromatic carbocycles. The molecule has 0 radical (unpaired) electrons. The van der Waals surface area contributed by atoms with Gasteiger partial charge in [0.05, 0.1) is 5.69 Å². The van der Waals surface area contributed by atoms with E-state index in [2.05, 4.69) is 22.2 Å². The predicted octanol–water partition coefficient (Wildman–Crippen LogP) is 2.92. The van der Waals surface area contributed by atoms with Crippen molar-refractivity contribution in [3.05, 3.63) is 40.7 Å². The number of hydrogen-bond acceptors (Lipinski definition) is 4. The van der Waals surface area contributed by atoms with Crippen molar-refractivity contribution in [1.29, 1.82) is 0 Å². The van der Waals surface area contributed by atoms with Crippen molar-refractivity contribution in [2.75, 3.05) is 5.32 Å². The summed E-state index contributed by atoms with van der Waals surface area (Å²) in [6.07, 6.45) is 6.53. The summed E-state index contributed by atoms with van der Waals surface area (Å²) in [5.74, 6) is 0.596. The fourth-order valence-electron chi connectivity index (χ4n) is 2.27. The molecular formula is C14H15N3OS. The number of pyridine rings is 1. The molecule has 2 aromatic heterocycles. The highest BCUT2D eigenvalue weighted by molar-refractivity contribution is 7.15. The van der Waals surface area contributed by atoms with Gasteiger partial charge in [0.2, 0.25) is 0 Å². The molecule has 1 atom stereocenters. The van der Waals surface area contributed by atoms with Gasteiger partial charge in [-0.15, -0.1) is 11.3 Å². The third kappa shape index (κ3) is 2.66. The Bertz CT molecular complexity index is 594. The molecule has 1 amide bonds. The van der Waals surface area contributed by atoms with Crippen LogP contribution in [0, 0.1) is 5.92 Å². The molecule has 1 aliphatic carbocycles. The maximum atomic E-state index is 12.0. The van der Waals surface area contributed by atoms with Gasteiger partial charge in [-0.3, -0.25) is 15.1 Å². The molecule has 19 heavy (non-hydrogen) atoms. The van der Waals surface area contributed by atoms with E-state index in [-0.39, 0.29) is 5.91 Å². The molecular weight excluding hydrogens is 258 g/mol. The minimum Gasteiger partial charge on any atom is -0.298 e. The van der Waals surface area contributed by atoms with Crippen LogP contribution in [0.15, 0.2) is 24.5 Å². The average Bonchev–Trinajstić information content (AvgIpc) is 2.81. The molecule has 0 bridgehead atoms. The van der Waals surface area contributed by atoms with E-state index in [1.807, 2.05) is 0 Å². The van der Waals surface area contributed by atoms with Crippen molar-refractivity contribution in [2.45, 2.75) is 26.2 Å². The van der Waals surface area contributed by atoms with Crippen molar-refractivity contribution in [2.24, 2.45) is 5.92 Å². The lowest BCUT2D eigenvalue weighted by molar-refractivity contribution is 0.102. The zero-order chi connectivity index (χ0) is 13.2. The summed E-state index contributed by atoms with van der Waals surface area (Å²) in [6.45, 7) is 2.26. The SMILES string of the molecule is C[C@@H]1CCc2nc(NC(=O)c3ccncc3)sc2C1. The lowest BCUT2D eigenvalue weighted by Crippen LogP contribution is -2.11. The molecule has 1 N–H and O–H groups in total. The van der Waals surface area contributed by atoms with Crippen molar-refractivity contribution in [1.82, 2.24) is 9.97 Å². The molecule has 0 unspecified atom stereocenters. The van der Waals surface area contributed by atoms with Crippen molar-refractivity contribution < 1.29 is 4.79 Å². The third-order valence-electron chi connectivity index (χ3n) is 3.35. The van der Waals surface area contributed by atoms with E-state index >= 15 is 0 Å². The standard InChI is InChI=1S/C14H15N3OS/c1-9-2-3-11-12(8-9)19-14(16-11)17-13(18)10-4-6-15-7-5-10/h4-7,9H,2-3,8H2,1H3,(H,16,17,18)/t9-/m1/s1. The molecule has 0 aliphatic heterocycles. The summed E-state index contributed by atoms with van der Waals surface area (Å²) in [6, 6.07) is 3.40. The second-order valence-electron chi connectivity index (χ2n) is 4.93. The van der Waals surface area contributed by atoms with Crippen LogP contribution < -0.4 is 5.32 Å². The Hall–Kier alpha value is -1.75. The summed E-state index contributed by atoms with van der Waals surface area (Å²) >= 11 is 1.60. The number of carbonyl (C=O) groups excluding carboxylic acids is 1. The van der Waals surface area contributed by atoms with E-state index in [4.69, 9.17) is 0 Å². The largest absolute Gasteiger partial charge is 0.298 e. The van der Waals surface area contributed by atoms with Crippen LogP contribution >= 0.6 is 11.3 Å². The first-order valence-corrected chi connectivity index (χ1v) is 7.24. The Morgan fingerprint density at radius 1 is 1.42 bits per heavy atom. The lowest BCUT2D eigenvalue weighted by Gasteiger charge is -2.15. The Morgan fingerprint density at radius 2 is 2.21 bits per heavy atom. The smallest absolute Gasteiger partial charge is 0.257 e. The molecule has 3 rings (SSSR count). The van der Waals surface area contributed by atoms with Crippen LogP contribution in [-0.2, 0) is 12.8 Å². The van der Waals surface area contributed by atoms with E-state index in [0.717, 1.165) is 24.5 Å². The number of carbonyl (C=O) groups is 1. The van der Waals surface area contributed by atoms with E-state index < -0.39 is 0 Å². The van der Waals surface area contributed by atoms with Gasteiger partial charge in [-0.1, -0.05) is 6.92 Å². The van der Waals surface area contributed by atoms with E-state index in [0.29, 0.717) is 10.7 Å². The monoisotopic (exact) mass is 273 g/mol. The van der Waals surface area contributed by atoms with E-state index in [1.54, 1.807) is 35.9 Å². The Kier molecular flexibility index (Phi) is 3.29. The summed E-state index contributed by atoms with van der Waals surface area (Å²) in [5.41, 5.74) is 1.77. The first-order chi connectivity index (χ1) is 9.22. The van der Waals surface area contributed by atoms with Crippen LogP contribution in [0.2, 0.25) is 0 Å². The van der Waals surface area contributed by atoms with Gasteiger partial charge < -0.3 is 0 Å². The Labute approximate surface area is 115 Å². The second-order valence-corrected chi connectivity index (χ2v) is 6.01. The van der Waals surface area contributed by atoms with E-state index in [1.165, 1.54) is 11.3 Å². The number of fused-ring (bicyclic) bond motifs is 1. The molecule has 1 aliphatic rings. The van der Waals surface area contributed by atoms with Crippen LogP contribution in [-0.4, -0.2) is 15.9 Å². The Balaban J connectivity index is 1.76. The zero-order valence-electron chi connectivity index (χ0n) is 10.7. The second kappa shape index (κ2) is 5.09. The maximum absolute atomic E-state index is 12.0. The lowest BCUT2D eigenvalue weighted by atomic mass is 9.93. The normalized spacial score (nSPS) is 17.8. The summed E-state index contributed by atoms with van der Waals surface area (Å²) in [7, 11) is 0. The van der Waals surface area contributed by atoms with Gasteiger partial charge in [-0.25, -0.2) is 4.98 Å². The quantitative estimate of drug-likeness (QED) is 0.915. The molecule has 5 heteroatoms. The predicted molar refractivity (Wildman–Crippen MR) is 75.5 cm³/mol. The number of aryl methyl sites for hydroxylation is 1. The topological polar surface area (TPSA) is 54.9 Å². The van der Waals surface area contributed by atoms with Crippen LogP contribution in [0.3, 0.4) is 0 Å². The van der Waals surface area contributed by atoms with Gasteiger partial charge in [0.15, 0.2) is 5.13 Å². The number of nitrogens with one attached hydrogen (secondary N) is 1. The highest BCUT2D eigenvalue weighted by atomic mass is 32.1. The first kappa shape index (κ1) is 12.3. The fraction of sp³-hybridized carbons (Fsp3) is 0.357. The summed E-state index contributed by atoms with van der Waals surface area (Å²) in [5, 5.41) is 3.58. The van der Waals surface area contributed by atoms with Crippen LogP contribution in [0.4, 0.5) is 5.13 Å². The third-order valence-corrected chi connectivity index (χ3v) is 4.38. The van der Waals surface area contributed by atoms with Gasteiger partial charge in [0.25, 0.3) is 5.91 Å². The summed E-state index contributed by atoms with van der Waals surface area (Å²) in [4.78, 5) is 21.8. The molecule has 0 spiro atoms. The Morgan fingerprint density at radius 3 is 3.00 bits per heavy atom. The molecule has 0 saturated carbocycles. The number of aromatic nitrogens is 2. The van der Waals surface area contributed by atoms with Crippen molar-refractivity contribution in [3.8, 4) is 0 Å². The zero-order valence-corrected chi connectivity index (χ0v) is 11.5. The summed E-state index contributed by atoms with van der Waals surface area (Å²) < 4.78 is 0. The van der Waals surface area contributed by atoms with Crippen LogP contribution in [0.1, 0.15) is 34.3 Å². The number of nitrogens with zero attached hydrogens (tertiary/aromatic N) is 2. The number of hydrogen-bond donors (Lipinski definition) is 1. The molecule has 0 saturated heterocycles. The van der Waals surface area contributed by atoms with Crippen molar-refractivity contribution in [3.63, 3.8) is 0 Å². The molecule has 2 aromatic rings. The van der Waals surface area contributed by atoms with E-state index in [9.17, 15) is 4.79 Å². The highest BCUT2D eigenvalue weighted by Gasteiger charge is 2.20. The van der Waals surface area contributed by atoms with Gasteiger partial charge >= 0.3 is 0 Å². The number of thiazole rings is 1. The number of anilines is 1. The maximum Gasteiger partial charge on any atom is 0.257 e. The molecule has 98 valence electrons. The van der Waals surface area contributed by atoms with Crippen LogP contribution in [0.25, 0.3) is 0 Å². The van der Waals surface area contributed by atoms with Gasteiger partial charge in [-0.2, -0.15) is 0 Å². The van der Waals surface area contributed by atoms with Gasteiger partial charge in [0.1, 0.15) is 0 Å². The molecule has 0 fully saturated rings. The van der Waals surface area contributed by atoms with Gasteiger partial charge in [-0.05, 0) is 37.3 Å². The minimum atomic E-state index is -0.124. The average molecular weight is 273 g/mol. The van der Waals surface area contributed by atoms with Crippen molar-refractivity contribution >= 4 is 22.4 Å². The molecule has 2 heterocycles. The fourth-order valence-corrected chi connectivity index (χ4v) is 3.43. The number of rotatable bonds is 2. The van der Waals surface area contributed by atoms with Crippen LogP contribution in [0.5, 0.6) is 0 Å². The highest BCUT2D eigenvalue weighted by Crippen LogP contribution is 2.32.